The molecule has 0 saturated carbocycles. The first-order valence-electron chi connectivity index (χ1n) is 10.7. The molecule has 0 fully saturated rings. The number of benzene rings is 2. The minimum atomic E-state index is -0.530. The maximum Gasteiger partial charge on any atom is 0.224 e. The van der Waals surface area contributed by atoms with Gasteiger partial charge in [-0.25, -0.2) is 9.07 Å². The van der Waals surface area contributed by atoms with E-state index in [1.54, 1.807) is 0 Å². The monoisotopic (exact) mass is 466 g/mol. The predicted octanol–water partition coefficient (Wildman–Crippen LogP) is 5.80. The van der Waals surface area contributed by atoms with Crippen LogP contribution < -0.4 is 10.1 Å². The third kappa shape index (κ3) is 4.68. The molecule has 0 aliphatic rings. The smallest absolute Gasteiger partial charge is 0.224 e. The van der Waals surface area contributed by atoms with Crippen molar-refractivity contribution in [3.63, 3.8) is 0 Å². The van der Waals surface area contributed by atoms with Gasteiger partial charge in [-0.05, 0) is 63.1 Å². The highest BCUT2D eigenvalue weighted by Crippen LogP contribution is 2.32. The number of ether oxygens (including phenoxy) is 1. The normalized spacial score (nSPS) is 11.1. The summed E-state index contributed by atoms with van der Waals surface area (Å²) >= 11 is 5.80. The zero-order valence-corrected chi connectivity index (χ0v) is 19.4. The Morgan fingerprint density at radius 2 is 1.94 bits per heavy atom. The highest BCUT2D eigenvalue weighted by molar-refractivity contribution is 6.31. The Morgan fingerprint density at radius 3 is 2.64 bits per heavy atom. The molecule has 4 rings (SSSR count). The zero-order valence-electron chi connectivity index (χ0n) is 18.7. The van der Waals surface area contributed by atoms with Crippen molar-refractivity contribution in [3.05, 3.63) is 76.2 Å². The van der Waals surface area contributed by atoms with Crippen molar-refractivity contribution in [3.8, 4) is 11.6 Å². The topological polar surface area (TPSA) is 69.0 Å². The van der Waals surface area contributed by atoms with E-state index in [0.29, 0.717) is 30.2 Å². The molecule has 0 aliphatic heterocycles. The van der Waals surface area contributed by atoms with Crippen LogP contribution in [-0.4, -0.2) is 27.3 Å². The Kier molecular flexibility index (Phi) is 6.60. The predicted molar refractivity (Wildman–Crippen MR) is 128 cm³/mol. The molecule has 0 atom stereocenters. The number of para-hydroxylation sites is 1. The van der Waals surface area contributed by atoms with Crippen molar-refractivity contribution in [1.82, 2.24) is 14.8 Å². The summed E-state index contributed by atoms with van der Waals surface area (Å²) in [6.45, 7) is 6.30. The van der Waals surface area contributed by atoms with Gasteiger partial charge in [0.05, 0.1) is 23.0 Å². The Balaban J connectivity index is 1.64. The second-order valence-electron chi connectivity index (χ2n) is 7.66. The molecule has 2 aromatic heterocycles. The average Bonchev–Trinajstić information content (AvgIpc) is 3.13. The van der Waals surface area contributed by atoms with Gasteiger partial charge in [-0.1, -0.05) is 29.8 Å². The molecule has 170 valence electrons. The summed E-state index contributed by atoms with van der Waals surface area (Å²) in [5, 5.41) is 8.37. The maximum atomic E-state index is 13.4. The molecule has 1 N–H and O–H groups in total. The lowest BCUT2D eigenvalue weighted by Crippen LogP contribution is -2.13. The van der Waals surface area contributed by atoms with Crippen LogP contribution in [-0.2, 0) is 11.2 Å². The van der Waals surface area contributed by atoms with Crippen LogP contribution in [0.2, 0.25) is 5.02 Å². The van der Waals surface area contributed by atoms with Gasteiger partial charge in [0.2, 0.25) is 11.8 Å². The fraction of sp³-hybridized carbons (Fsp3) is 0.240. The highest BCUT2D eigenvalue weighted by atomic mass is 35.5. The number of hydrogen-bond acceptors (Lipinski definition) is 4. The third-order valence-electron chi connectivity index (χ3n) is 5.42. The molecule has 8 heteroatoms. The van der Waals surface area contributed by atoms with Gasteiger partial charge in [0.15, 0.2) is 5.65 Å². The number of nitrogens with zero attached hydrogens (tertiary/aromatic N) is 3. The molecular weight excluding hydrogens is 443 g/mol. The van der Waals surface area contributed by atoms with Crippen molar-refractivity contribution in [2.75, 3.05) is 11.9 Å². The summed E-state index contributed by atoms with van der Waals surface area (Å²) in [5.41, 5.74) is 4.78. The number of rotatable bonds is 7. The van der Waals surface area contributed by atoms with Crippen LogP contribution in [0.3, 0.4) is 0 Å². The van der Waals surface area contributed by atoms with Gasteiger partial charge in [-0.2, -0.15) is 10.1 Å². The lowest BCUT2D eigenvalue weighted by molar-refractivity contribution is -0.116. The van der Waals surface area contributed by atoms with Gasteiger partial charge in [0.1, 0.15) is 5.82 Å². The number of hydrogen-bond donors (Lipinski definition) is 1. The molecule has 0 saturated heterocycles. The number of amides is 1. The summed E-state index contributed by atoms with van der Waals surface area (Å²) < 4.78 is 21.0. The number of carbonyl (C=O) groups is 1. The first kappa shape index (κ1) is 22.7. The van der Waals surface area contributed by atoms with Gasteiger partial charge >= 0.3 is 0 Å². The van der Waals surface area contributed by atoms with E-state index in [4.69, 9.17) is 26.4 Å². The van der Waals surface area contributed by atoms with E-state index in [1.807, 2.05) is 55.8 Å². The van der Waals surface area contributed by atoms with Crippen LogP contribution in [0.1, 0.15) is 30.2 Å². The SMILES string of the molecule is CCOc1nc2c(c(C)nn2-c2ccccc2)c(C)c1CCC(=O)Nc1ccc(F)c(Cl)c1. The van der Waals surface area contributed by atoms with Crippen LogP contribution in [0.4, 0.5) is 10.1 Å². The number of aromatic nitrogens is 3. The molecule has 0 radical (unpaired) electrons. The van der Waals surface area contributed by atoms with E-state index in [0.717, 1.165) is 27.9 Å². The highest BCUT2D eigenvalue weighted by Gasteiger charge is 2.20. The Hall–Kier alpha value is -3.45. The molecule has 33 heavy (non-hydrogen) atoms. The van der Waals surface area contributed by atoms with Crippen molar-refractivity contribution in [2.24, 2.45) is 0 Å². The van der Waals surface area contributed by atoms with Crippen molar-refractivity contribution in [1.29, 1.82) is 0 Å². The number of fused-ring (bicyclic) bond motifs is 1. The molecule has 6 nitrogen and oxygen atoms in total. The number of nitrogens with one attached hydrogen (secondary N) is 1. The largest absolute Gasteiger partial charge is 0.478 e. The quantitative estimate of drug-likeness (QED) is 0.373. The average molecular weight is 467 g/mol. The lowest BCUT2D eigenvalue weighted by atomic mass is 10.0. The molecule has 4 aromatic rings. The second kappa shape index (κ2) is 9.58. The maximum absolute atomic E-state index is 13.4. The molecule has 1 amide bonds. The van der Waals surface area contributed by atoms with Gasteiger partial charge in [0, 0.05) is 23.1 Å². The van der Waals surface area contributed by atoms with E-state index in [1.165, 1.54) is 18.2 Å². The fourth-order valence-corrected chi connectivity index (χ4v) is 4.05. The van der Waals surface area contributed by atoms with Crippen LogP contribution >= 0.6 is 11.6 Å². The standard InChI is InChI=1S/C25H24ClFN4O2/c1-4-33-25-19(11-13-22(32)28-17-10-12-21(27)20(26)14-17)15(2)23-16(3)30-31(24(23)29-25)18-8-6-5-7-9-18/h5-10,12,14H,4,11,13H2,1-3H3,(H,28,32). The van der Waals surface area contributed by atoms with Crippen LogP contribution in [0, 0.1) is 19.7 Å². The first-order valence-corrected chi connectivity index (χ1v) is 11.1. The van der Waals surface area contributed by atoms with E-state index < -0.39 is 5.82 Å². The second-order valence-corrected chi connectivity index (χ2v) is 8.07. The molecule has 0 bridgehead atoms. The zero-order chi connectivity index (χ0) is 23.5. The molecule has 0 unspecified atom stereocenters. The number of aryl methyl sites for hydroxylation is 2. The van der Waals surface area contributed by atoms with E-state index >= 15 is 0 Å². The van der Waals surface area contributed by atoms with Crippen LogP contribution in [0.25, 0.3) is 16.7 Å². The summed E-state index contributed by atoms with van der Waals surface area (Å²) in [4.78, 5) is 17.4. The molecule has 0 spiro atoms. The van der Waals surface area contributed by atoms with E-state index in [9.17, 15) is 9.18 Å². The number of pyridine rings is 1. The summed E-state index contributed by atoms with van der Waals surface area (Å²) in [6, 6.07) is 13.9. The third-order valence-corrected chi connectivity index (χ3v) is 5.71. The minimum Gasteiger partial charge on any atom is -0.478 e. The van der Waals surface area contributed by atoms with Gasteiger partial charge in [0.25, 0.3) is 0 Å². The first-order chi connectivity index (χ1) is 15.9. The van der Waals surface area contributed by atoms with Crippen LogP contribution in [0.15, 0.2) is 48.5 Å². The van der Waals surface area contributed by atoms with E-state index in [2.05, 4.69) is 5.32 Å². The lowest BCUT2D eigenvalue weighted by Gasteiger charge is -2.14. The number of carbonyl (C=O) groups excluding carboxylic acids is 1. The van der Waals surface area contributed by atoms with E-state index in [-0.39, 0.29) is 17.4 Å². The Morgan fingerprint density at radius 1 is 1.18 bits per heavy atom. The Labute approximate surface area is 196 Å². The summed E-state index contributed by atoms with van der Waals surface area (Å²) in [7, 11) is 0. The van der Waals surface area contributed by atoms with Gasteiger partial charge < -0.3 is 10.1 Å². The fourth-order valence-electron chi connectivity index (χ4n) is 3.87. The van der Waals surface area contributed by atoms with Crippen LogP contribution in [0.5, 0.6) is 5.88 Å². The molecule has 2 heterocycles. The number of anilines is 1. The minimum absolute atomic E-state index is 0.0390. The number of halogens is 2. The molecule has 0 aliphatic carbocycles. The van der Waals surface area contributed by atoms with Gasteiger partial charge in [-0.3, -0.25) is 4.79 Å². The Bertz CT molecular complexity index is 1320. The molecule has 2 aromatic carbocycles. The van der Waals surface area contributed by atoms with Crippen molar-refractivity contribution >= 4 is 34.2 Å². The van der Waals surface area contributed by atoms with Crippen molar-refractivity contribution < 1.29 is 13.9 Å². The van der Waals surface area contributed by atoms with Gasteiger partial charge in [-0.15, -0.1) is 0 Å². The summed E-state index contributed by atoms with van der Waals surface area (Å²) in [5.74, 6) is -0.244. The summed E-state index contributed by atoms with van der Waals surface area (Å²) in [6.07, 6.45) is 0.635. The molecular formula is C25H24ClFN4O2. The van der Waals surface area contributed by atoms with Crippen molar-refractivity contribution in [2.45, 2.75) is 33.6 Å².